The lowest BCUT2D eigenvalue weighted by atomic mass is 9.96. The lowest BCUT2D eigenvalue weighted by Crippen LogP contribution is -2.22. The summed E-state index contributed by atoms with van der Waals surface area (Å²) in [7, 11) is 0. The van der Waals surface area contributed by atoms with Gasteiger partial charge in [0.05, 0.1) is 17.5 Å². The van der Waals surface area contributed by atoms with Crippen LogP contribution in [0.2, 0.25) is 0 Å². The van der Waals surface area contributed by atoms with E-state index in [-0.39, 0.29) is 17.8 Å². The van der Waals surface area contributed by atoms with Crippen molar-refractivity contribution < 1.29 is 18.3 Å². The van der Waals surface area contributed by atoms with E-state index < -0.39 is 17.7 Å². The number of Topliss-reactive ketones (excluding diaryl/α,β-unsaturated/α-hetero) is 1. The Morgan fingerprint density at radius 1 is 1.15 bits per heavy atom. The fraction of sp³-hybridized carbons (Fsp3) is 0.133. The van der Waals surface area contributed by atoms with Gasteiger partial charge in [-0.1, -0.05) is 22.0 Å². The molecule has 1 aliphatic rings. The van der Waals surface area contributed by atoms with Crippen molar-refractivity contribution in [3.63, 3.8) is 0 Å². The highest BCUT2D eigenvalue weighted by molar-refractivity contribution is 9.10. The van der Waals surface area contributed by atoms with Crippen molar-refractivity contribution in [3.05, 3.63) is 63.6 Å². The van der Waals surface area contributed by atoms with Crippen LogP contribution in [0.1, 0.15) is 28.4 Å². The summed E-state index contributed by atoms with van der Waals surface area (Å²) in [6.07, 6.45) is -1.02. The van der Waals surface area contributed by atoms with Crippen LogP contribution < -0.4 is 4.74 Å². The molecule has 102 valence electrons. The minimum atomic E-state index is -0.933. The Morgan fingerprint density at radius 2 is 1.85 bits per heavy atom. The molecule has 2 aromatic carbocycles. The molecule has 2 aromatic rings. The molecule has 1 unspecified atom stereocenters. The SMILES string of the molecule is O=C1CC(c2c(F)cccc2F)Oc2ccc(Br)cc21. The van der Waals surface area contributed by atoms with Crippen LogP contribution in [0.4, 0.5) is 8.78 Å². The first-order valence-corrected chi connectivity index (χ1v) is 6.79. The van der Waals surface area contributed by atoms with Gasteiger partial charge >= 0.3 is 0 Å². The molecule has 0 fully saturated rings. The van der Waals surface area contributed by atoms with Gasteiger partial charge in [0.2, 0.25) is 0 Å². The van der Waals surface area contributed by atoms with Gasteiger partial charge in [0.15, 0.2) is 5.78 Å². The summed E-state index contributed by atoms with van der Waals surface area (Å²) in [5.74, 6) is -1.26. The third kappa shape index (κ3) is 2.22. The highest BCUT2D eigenvalue weighted by Gasteiger charge is 2.31. The molecule has 5 heteroatoms. The number of hydrogen-bond acceptors (Lipinski definition) is 2. The molecule has 0 amide bonds. The zero-order chi connectivity index (χ0) is 14.3. The number of ketones is 1. The highest BCUT2D eigenvalue weighted by Crippen LogP contribution is 2.37. The molecule has 0 saturated carbocycles. The molecule has 0 aromatic heterocycles. The maximum Gasteiger partial charge on any atom is 0.170 e. The second-order valence-electron chi connectivity index (χ2n) is 4.51. The Morgan fingerprint density at radius 3 is 2.55 bits per heavy atom. The third-order valence-electron chi connectivity index (χ3n) is 3.20. The average Bonchev–Trinajstić information content (AvgIpc) is 2.39. The van der Waals surface area contributed by atoms with E-state index in [1.807, 2.05) is 0 Å². The Bertz CT molecular complexity index is 680. The van der Waals surface area contributed by atoms with E-state index in [1.54, 1.807) is 18.2 Å². The lowest BCUT2D eigenvalue weighted by Gasteiger charge is -2.26. The van der Waals surface area contributed by atoms with Crippen molar-refractivity contribution in [3.8, 4) is 5.75 Å². The predicted octanol–water partition coefficient (Wildman–Crippen LogP) is 4.43. The third-order valence-corrected chi connectivity index (χ3v) is 3.70. The van der Waals surface area contributed by atoms with Gasteiger partial charge in [-0.3, -0.25) is 4.79 Å². The predicted molar refractivity (Wildman–Crippen MR) is 72.8 cm³/mol. The molecule has 0 aliphatic carbocycles. The molecule has 1 aliphatic heterocycles. The van der Waals surface area contributed by atoms with Gasteiger partial charge < -0.3 is 4.74 Å². The summed E-state index contributed by atoms with van der Waals surface area (Å²) in [6.45, 7) is 0. The van der Waals surface area contributed by atoms with Gasteiger partial charge in [-0.05, 0) is 30.3 Å². The number of benzene rings is 2. The van der Waals surface area contributed by atoms with E-state index in [0.717, 1.165) is 16.6 Å². The van der Waals surface area contributed by atoms with Crippen molar-refractivity contribution >= 4 is 21.7 Å². The van der Waals surface area contributed by atoms with E-state index in [4.69, 9.17) is 4.74 Å². The standard InChI is InChI=1S/C15H9BrF2O2/c16-8-4-5-13-9(6-8)12(19)7-14(20-13)15-10(17)2-1-3-11(15)18/h1-6,14H,7H2. The Kier molecular flexibility index (Phi) is 3.30. The number of fused-ring (bicyclic) bond motifs is 1. The number of rotatable bonds is 1. The lowest BCUT2D eigenvalue weighted by molar-refractivity contribution is 0.0841. The van der Waals surface area contributed by atoms with Gasteiger partial charge in [-0.25, -0.2) is 8.78 Å². The van der Waals surface area contributed by atoms with Crippen LogP contribution in [0.3, 0.4) is 0 Å². The number of carbonyl (C=O) groups is 1. The first-order chi connectivity index (χ1) is 9.56. The van der Waals surface area contributed by atoms with Gasteiger partial charge in [0.1, 0.15) is 23.5 Å². The number of carbonyl (C=O) groups excluding carboxylic acids is 1. The summed E-state index contributed by atoms with van der Waals surface area (Å²) in [5, 5.41) is 0. The number of ether oxygens (including phenoxy) is 1. The van der Waals surface area contributed by atoms with Gasteiger partial charge in [-0.15, -0.1) is 0 Å². The fourth-order valence-electron chi connectivity index (χ4n) is 2.28. The first-order valence-electron chi connectivity index (χ1n) is 5.99. The molecule has 0 N–H and O–H groups in total. The largest absolute Gasteiger partial charge is 0.484 e. The zero-order valence-corrected chi connectivity index (χ0v) is 11.8. The molecule has 0 bridgehead atoms. The number of hydrogen-bond donors (Lipinski definition) is 0. The molecular weight excluding hydrogens is 330 g/mol. The zero-order valence-electron chi connectivity index (χ0n) is 10.2. The minimum absolute atomic E-state index is 0.0820. The van der Waals surface area contributed by atoms with E-state index in [1.165, 1.54) is 6.07 Å². The normalized spacial score (nSPS) is 17.6. The first kappa shape index (κ1) is 13.2. The Labute approximate surface area is 122 Å². The average molecular weight is 339 g/mol. The molecular formula is C15H9BrF2O2. The molecule has 1 heterocycles. The van der Waals surface area contributed by atoms with Crippen LogP contribution in [0.15, 0.2) is 40.9 Å². The van der Waals surface area contributed by atoms with Crippen LogP contribution in [0.5, 0.6) is 5.75 Å². The van der Waals surface area contributed by atoms with E-state index in [0.29, 0.717) is 11.3 Å². The maximum absolute atomic E-state index is 13.8. The Balaban J connectivity index is 2.04. The quantitative estimate of drug-likeness (QED) is 0.768. The molecule has 20 heavy (non-hydrogen) atoms. The monoisotopic (exact) mass is 338 g/mol. The van der Waals surface area contributed by atoms with Crippen molar-refractivity contribution in [1.82, 2.24) is 0 Å². The van der Waals surface area contributed by atoms with E-state index in [9.17, 15) is 13.6 Å². The molecule has 0 saturated heterocycles. The van der Waals surface area contributed by atoms with Crippen molar-refractivity contribution in [2.45, 2.75) is 12.5 Å². The van der Waals surface area contributed by atoms with Crippen LogP contribution >= 0.6 is 15.9 Å². The molecule has 2 nitrogen and oxygen atoms in total. The maximum atomic E-state index is 13.8. The summed E-state index contributed by atoms with van der Waals surface area (Å²) in [4.78, 5) is 12.1. The van der Waals surface area contributed by atoms with E-state index in [2.05, 4.69) is 15.9 Å². The second-order valence-corrected chi connectivity index (χ2v) is 5.43. The topological polar surface area (TPSA) is 26.3 Å². The van der Waals surface area contributed by atoms with Crippen molar-refractivity contribution in [2.75, 3.05) is 0 Å². The smallest absolute Gasteiger partial charge is 0.170 e. The van der Waals surface area contributed by atoms with Crippen molar-refractivity contribution in [1.29, 1.82) is 0 Å². The summed E-state index contributed by atoms with van der Waals surface area (Å²) < 4.78 is 33.9. The van der Waals surface area contributed by atoms with Gasteiger partial charge in [0, 0.05) is 4.47 Å². The minimum Gasteiger partial charge on any atom is -0.484 e. The molecule has 0 spiro atoms. The fourth-order valence-corrected chi connectivity index (χ4v) is 2.64. The molecule has 0 radical (unpaired) electrons. The van der Waals surface area contributed by atoms with Gasteiger partial charge in [-0.2, -0.15) is 0 Å². The number of halogens is 3. The summed E-state index contributed by atoms with van der Waals surface area (Å²) in [5.41, 5.74) is 0.224. The Hall–Kier alpha value is -1.75. The summed E-state index contributed by atoms with van der Waals surface area (Å²) in [6, 6.07) is 8.57. The van der Waals surface area contributed by atoms with Crippen LogP contribution in [-0.2, 0) is 0 Å². The second kappa shape index (κ2) is 4.98. The highest BCUT2D eigenvalue weighted by atomic mass is 79.9. The molecule has 1 atom stereocenters. The molecule has 3 rings (SSSR count). The van der Waals surface area contributed by atoms with Crippen LogP contribution in [-0.4, -0.2) is 5.78 Å². The van der Waals surface area contributed by atoms with E-state index >= 15 is 0 Å². The van der Waals surface area contributed by atoms with Crippen LogP contribution in [0, 0.1) is 11.6 Å². The van der Waals surface area contributed by atoms with Crippen LogP contribution in [0.25, 0.3) is 0 Å². The van der Waals surface area contributed by atoms with Crippen molar-refractivity contribution in [2.24, 2.45) is 0 Å². The van der Waals surface area contributed by atoms with Gasteiger partial charge in [0.25, 0.3) is 0 Å². The summed E-state index contributed by atoms with van der Waals surface area (Å²) >= 11 is 3.27.